The fraction of sp³-hybridized carbons (Fsp3) is 0.167. The molecule has 0 spiro atoms. The van der Waals surface area contributed by atoms with E-state index in [-0.39, 0.29) is 18.6 Å². The van der Waals surface area contributed by atoms with Crippen LogP contribution < -0.4 is 10.1 Å². The first-order valence-corrected chi connectivity index (χ1v) is 8.04. The van der Waals surface area contributed by atoms with E-state index in [0.29, 0.717) is 16.7 Å². The molecule has 0 saturated carbocycles. The number of carbonyl (C=O) groups excluding carboxylic acids is 1. The Bertz CT molecular complexity index is 835. The third-order valence-corrected chi connectivity index (χ3v) is 3.79. The van der Waals surface area contributed by atoms with Gasteiger partial charge in [-0.05, 0) is 48.9 Å². The standard InChI is InChI=1S/C18H16ClN3O3/c1-12(14-3-2-4-15(19)9-14)21-17(23)10-24-16-7-5-13(6-8-16)18-22-20-11-25-18/h2-9,11-12H,10H2,1H3,(H,21,23). The van der Waals surface area contributed by atoms with Gasteiger partial charge in [-0.15, -0.1) is 10.2 Å². The van der Waals surface area contributed by atoms with Crippen LogP contribution in [0.1, 0.15) is 18.5 Å². The van der Waals surface area contributed by atoms with E-state index in [9.17, 15) is 4.79 Å². The average Bonchev–Trinajstić information content (AvgIpc) is 3.15. The zero-order valence-corrected chi connectivity index (χ0v) is 14.2. The maximum atomic E-state index is 12.0. The molecule has 0 aliphatic carbocycles. The SMILES string of the molecule is CC(NC(=O)COc1ccc(-c2nnco2)cc1)c1cccc(Cl)c1. The molecule has 25 heavy (non-hydrogen) atoms. The number of carbonyl (C=O) groups is 1. The Morgan fingerprint density at radius 3 is 2.76 bits per heavy atom. The molecule has 0 saturated heterocycles. The third kappa shape index (κ3) is 4.58. The van der Waals surface area contributed by atoms with Crippen molar-refractivity contribution in [3.63, 3.8) is 0 Å². The summed E-state index contributed by atoms with van der Waals surface area (Å²) in [7, 11) is 0. The molecule has 128 valence electrons. The van der Waals surface area contributed by atoms with E-state index >= 15 is 0 Å². The summed E-state index contributed by atoms with van der Waals surface area (Å²) in [6.45, 7) is 1.81. The summed E-state index contributed by atoms with van der Waals surface area (Å²) in [5.41, 5.74) is 1.72. The van der Waals surface area contributed by atoms with Crippen LogP contribution in [0.4, 0.5) is 0 Å². The number of benzene rings is 2. The van der Waals surface area contributed by atoms with E-state index in [1.165, 1.54) is 6.39 Å². The van der Waals surface area contributed by atoms with Crippen LogP contribution in [0, 0.1) is 0 Å². The predicted octanol–water partition coefficient (Wildman–Crippen LogP) is 3.65. The number of nitrogens with one attached hydrogen (secondary N) is 1. The number of nitrogens with zero attached hydrogens (tertiary/aromatic N) is 2. The number of hydrogen-bond acceptors (Lipinski definition) is 5. The zero-order chi connectivity index (χ0) is 17.6. The Balaban J connectivity index is 1.52. The van der Waals surface area contributed by atoms with E-state index in [1.54, 1.807) is 30.3 Å². The molecule has 0 aliphatic rings. The largest absolute Gasteiger partial charge is 0.484 e. The minimum Gasteiger partial charge on any atom is -0.484 e. The van der Waals surface area contributed by atoms with Crippen molar-refractivity contribution < 1.29 is 13.9 Å². The van der Waals surface area contributed by atoms with Gasteiger partial charge in [0.2, 0.25) is 12.3 Å². The van der Waals surface area contributed by atoms with Gasteiger partial charge in [0.1, 0.15) is 5.75 Å². The molecule has 0 fully saturated rings. The molecule has 1 aromatic heterocycles. The normalized spacial score (nSPS) is 11.8. The summed E-state index contributed by atoms with van der Waals surface area (Å²) in [5, 5.41) is 11.0. The fourth-order valence-electron chi connectivity index (χ4n) is 2.28. The summed E-state index contributed by atoms with van der Waals surface area (Å²) >= 11 is 5.96. The first-order valence-electron chi connectivity index (χ1n) is 7.66. The van der Waals surface area contributed by atoms with Crippen molar-refractivity contribution in [3.8, 4) is 17.2 Å². The first-order chi connectivity index (χ1) is 12.1. The molecular formula is C18H16ClN3O3. The van der Waals surface area contributed by atoms with Crippen LogP contribution in [-0.2, 0) is 4.79 Å². The van der Waals surface area contributed by atoms with Gasteiger partial charge in [-0.1, -0.05) is 23.7 Å². The van der Waals surface area contributed by atoms with Gasteiger partial charge < -0.3 is 14.5 Å². The molecule has 1 N–H and O–H groups in total. The summed E-state index contributed by atoms with van der Waals surface area (Å²) in [6.07, 6.45) is 1.27. The molecule has 6 nitrogen and oxygen atoms in total. The van der Waals surface area contributed by atoms with Crippen LogP contribution in [0.25, 0.3) is 11.5 Å². The maximum absolute atomic E-state index is 12.0. The smallest absolute Gasteiger partial charge is 0.258 e. The van der Waals surface area contributed by atoms with Crippen LogP contribution >= 0.6 is 11.6 Å². The lowest BCUT2D eigenvalue weighted by Crippen LogP contribution is -2.31. The van der Waals surface area contributed by atoms with Crippen LogP contribution in [0.15, 0.2) is 59.3 Å². The van der Waals surface area contributed by atoms with Gasteiger partial charge in [-0.25, -0.2) is 0 Å². The van der Waals surface area contributed by atoms with Crippen molar-refractivity contribution in [2.75, 3.05) is 6.61 Å². The van der Waals surface area contributed by atoms with E-state index < -0.39 is 0 Å². The van der Waals surface area contributed by atoms with Gasteiger partial charge in [0.05, 0.1) is 6.04 Å². The maximum Gasteiger partial charge on any atom is 0.258 e. The van der Waals surface area contributed by atoms with Crippen LogP contribution in [0.2, 0.25) is 5.02 Å². The van der Waals surface area contributed by atoms with Crippen molar-refractivity contribution in [3.05, 3.63) is 65.5 Å². The molecule has 3 aromatic rings. The molecule has 0 aliphatic heterocycles. The second kappa shape index (κ2) is 7.81. The van der Waals surface area contributed by atoms with Crippen molar-refractivity contribution >= 4 is 17.5 Å². The number of rotatable bonds is 6. The highest BCUT2D eigenvalue weighted by Gasteiger charge is 2.11. The number of halogens is 1. The molecule has 0 radical (unpaired) electrons. The number of hydrogen-bond donors (Lipinski definition) is 1. The Morgan fingerprint density at radius 2 is 2.08 bits per heavy atom. The van der Waals surface area contributed by atoms with E-state index in [4.69, 9.17) is 20.8 Å². The molecule has 7 heteroatoms. The summed E-state index contributed by atoms with van der Waals surface area (Å²) in [4.78, 5) is 12.0. The second-order valence-electron chi connectivity index (χ2n) is 5.40. The Morgan fingerprint density at radius 1 is 1.28 bits per heavy atom. The minimum absolute atomic E-state index is 0.0786. The molecule has 0 bridgehead atoms. The predicted molar refractivity (Wildman–Crippen MR) is 93.2 cm³/mol. The lowest BCUT2D eigenvalue weighted by atomic mass is 10.1. The summed E-state index contributed by atoms with van der Waals surface area (Å²) < 4.78 is 10.6. The average molecular weight is 358 g/mol. The topological polar surface area (TPSA) is 77.2 Å². The van der Waals surface area contributed by atoms with Crippen LogP contribution in [0.3, 0.4) is 0 Å². The highest BCUT2D eigenvalue weighted by Crippen LogP contribution is 2.20. The molecule has 1 unspecified atom stereocenters. The fourth-order valence-corrected chi connectivity index (χ4v) is 2.48. The molecule has 1 atom stereocenters. The molecular weight excluding hydrogens is 342 g/mol. The lowest BCUT2D eigenvalue weighted by Gasteiger charge is -2.15. The number of ether oxygens (including phenoxy) is 1. The van der Waals surface area contributed by atoms with Crippen molar-refractivity contribution in [1.29, 1.82) is 0 Å². The minimum atomic E-state index is -0.214. The highest BCUT2D eigenvalue weighted by atomic mass is 35.5. The molecule has 3 rings (SSSR count). The quantitative estimate of drug-likeness (QED) is 0.728. The van der Waals surface area contributed by atoms with Gasteiger partial charge in [0, 0.05) is 10.6 Å². The van der Waals surface area contributed by atoms with Gasteiger partial charge in [0.15, 0.2) is 6.61 Å². The van der Waals surface area contributed by atoms with E-state index in [2.05, 4.69) is 15.5 Å². The number of amides is 1. The zero-order valence-electron chi connectivity index (χ0n) is 13.5. The summed E-state index contributed by atoms with van der Waals surface area (Å²) in [6, 6.07) is 14.3. The lowest BCUT2D eigenvalue weighted by molar-refractivity contribution is -0.123. The van der Waals surface area contributed by atoms with E-state index in [1.807, 2.05) is 25.1 Å². The molecule has 1 heterocycles. The van der Waals surface area contributed by atoms with Crippen molar-refractivity contribution in [2.24, 2.45) is 0 Å². The third-order valence-electron chi connectivity index (χ3n) is 3.56. The van der Waals surface area contributed by atoms with Gasteiger partial charge in [0.25, 0.3) is 5.91 Å². The number of aromatic nitrogens is 2. The second-order valence-corrected chi connectivity index (χ2v) is 5.84. The summed E-state index contributed by atoms with van der Waals surface area (Å²) in [5.74, 6) is 0.793. The van der Waals surface area contributed by atoms with Crippen LogP contribution in [-0.4, -0.2) is 22.7 Å². The Labute approximate surface area is 149 Å². The monoisotopic (exact) mass is 357 g/mol. The van der Waals surface area contributed by atoms with Gasteiger partial charge >= 0.3 is 0 Å². The highest BCUT2D eigenvalue weighted by molar-refractivity contribution is 6.30. The van der Waals surface area contributed by atoms with E-state index in [0.717, 1.165) is 11.1 Å². The Kier molecular flexibility index (Phi) is 5.30. The van der Waals surface area contributed by atoms with Crippen molar-refractivity contribution in [1.82, 2.24) is 15.5 Å². The van der Waals surface area contributed by atoms with Crippen molar-refractivity contribution in [2.45, 2.75) is 13.0 Å². The van der Waals surface area contributed by atoms with Crippen LogP contribution in [0.5, 0.6) is 5.75 Å². The molecule has 1 amide bonds. The van der Waals surface area contributed by atoms with Gasteiger partial charge in [-0.2, -0.15) is 0 Å². The Hall–Kier alpha value is -2.86. The molecule has 2 aromatic carbocycles. The van der Waals surface area contributed by atoms with Gasteiger partial charge in [-0.3, -0.25) is 4.79 Å². The first kappa shape index (κ1) is 17.0.